The van der Waals surface area contributed by atoms with Gasteiger partial charge in [-0.05, 0) is 42.3 Å². The maximum Gasteiger partial charge on any atom is 0.266 e. The maximum absolute atomic E-state index is 12.5. The minimum absolute atomic E-state index is 0.114. The van der Waals surface area contributed by atoms with Gasteiger partial charge in [0.25, 0.3) is 5.56 Å². The van der Waals surface area contributed by atoms with Gasteiger partial charge in [0, 0.05) is 17.3 Å². The molecule has 0 atom stereocenters. The first kappa shape index (κ1) is 20.1. The number of carbonyl (C=O) groups is 1. The van der Waals surface area contributed by atoms with Crippen molar-refractivity contribution in [2.75, 3.05) is 17.9 Å². The SMILES string of the molecule is CCc1ccc(NC(=O)CSc2nc(-c3ccc4c(c3)OCO4)nc3cc(=O)[nH]n23)cc1. The molecule has 0 aliphatic carbocycles. The predicted octanol–water partition coefficient (Wildman–Crippen LogP) is 3.11. The number of H-pyrrole nitrogens is 1. The van der Waals surface area contributed by atoms with Crippen LogP contribution in [0.4, 0.5) is 5.69 Å². The number of aromatic nitrogens is 4. The smallest absolute Gasteiger partial charge is 0.266 e. The number of amides is 1. The summed E-state index contributed by atoms with van der Waals surface area (Å²) in [4.78, 5) is 33.4. The van der Waals surface area contributed by atoms with E-state index in [1.165, 1.54) is 27.9 Å². The van der Waals surface area contributed by atoms with Crippen molar-refractivity contribution >= 4 is 29.0 Å². The molecular formula is C22H19N5O4S. The Balaban J connectivity index is 1.39. The van der Waals surface area contributed by atoms with Crippen molar-refractivity contribution in [1.82, 2.24) is 19.6 Å². The summed E-state index contributed by atoms with van der Waals surface area (Å²) < 4.78 is 12.3. The quantitative estimate of drug-likeness (QED) is 0.435. The van der Waals surface area contributed by atoms with Crippen LogP contribution in [-0.2, 0) is 11.2 Å². The standard InChI is InChI=1S/C22H19N5O4S/c1-2-13-3-6-15(7-4-13)23-20(29)11-32-22-25-21(24-18-10-19(28)26-27(18)22)14-5-8-16-17(9-14)31-12-30-16/h3-10H,2,11-12H2,1H3,(H,23,29)(H,26,28). The number of anilines is 1. The minimum Gasteiger partial charge on any atom is -0.454 e. The zero-order chi connectivity index (χ0) is 22.1. The van der Waals surface area contributed by atoms with Gasteiger partial charge in [-0.15, -0.1) is 0 Å². The Kier molecular flexibility index (Phi) is 5.28. The number of aryl methyl sites for hydroxylation is 1. The summed E-state index contributed by atoms with van der Waals surface area (Å²) in [6.45, 7) is 2.25. The van der Waals surface area contributed by atoms with Gasteiger partial charge in [0.2, 0.25) is 12.7 Å². The summed E-state index contributed by atoms with van der Waals surface area (Å²) in [5.74, 6) is 1.62. The number of nitrogens with one attached hydrogen (secondary N) is 2. The van der Waals surface area contributed by atoms with Crippen LogP contribution in [0.1, 0.15) is 12.5 Å². The number of rotatable bonds is 6. The van der Waals surface area contributed by atoms with Gasteiger partial charge in [-0.25, -0.2) is 14.5 Å². The highest BCUT2D eigenvalue weighted by atomic mass is 32.2. The van der Waals surface area contributed by atoms with Gasteiger partial charge in [0.05, 0.1) is 5.75 Å². The Morgan fingerprint density at radius 2 is 1.94 bits per heavy atom. The fourth-order valence-electron chi connectivity index (χ4n) is 3.30. The van der Waals surface area contributed by atoms with Crippen molar-refractivity contribution in [1.29, 1.82) is 0 Å². The largest absolute Gasteiger partial charge is 0.454 e. The molecule has 1 aliphatic rings. The molecule has 1 aliphatic heterocycles. The van der Waals surface area contributed by atoms with Crippen molar-refractivity contribution in [3.63, 3.8) is 0 Å². The summed E-state index contributed by atoms with van der Waals surface area (Å²) in [6.07, 6.45) is 0.939. The number of aromatic amines is 1. The summed E-state index contributed by atoms with van der Waals surface area (Å²) in [5, 5.41) is 5.99. The van der Waals surface area contributed by atoms with Gasteiger partial charge < -0.3 is 14.8 Å². The Hall–Kier alpha value is -3.79. The highest BCUT2D eigenvalue weighted by molar-refractivity contribution is 7.99. The lowest BCUT2D eigenvalue weighted by molar-refractivity contribution is -0.113. The highest BCUT2D eigenvalue weighted by Crippen LogP contribution is 2.35. The summed E-state index contributed by atoms with van der Waals surface area (Å²) in [5.41, 5.74) is 2.76. The lowest BCUT2D eigenvalue weighted by Crippen LogP contribution is -2.15. The molecule has 2 aromatic carbocycles. The Labute approximate surface area is 186 Å². The van der Waals surface area contributed by atoms with E-state index in [4.69, 9.17) is 9.47 Å². The molecule has 0 radical (unpaired) electrons. The van der Waals surface area contributed by atoms with Crippen molar-refractivity contribution < 1.29 is 14.3 Å². The molecule has 3 heterocycles. The number of carbonyl (C=O) groups excluding carboxylic acids is 1. The van der Waals surface area contributed by atoms with Crippen LogP contribution in [0.15, 0.2) is 58.5 Å². The zero-order valence-electron chi connectivity index (χ0n) is 17.1. The molecule has 0 bridgehead atoms. The molecular weight excluding hydrogens is 430 g/mol. The number of benzene rings is 2. The topological polar surface area (TPSA) is 111 Å². The molecule has 5 rings (SSSR count). The lowest BCUT2D eigenvalue weighted by Gasteiger charge is -2.09. The fourth-order valence-corrected chi connectivity index (χ4v) is 4.05. The molecule has 0 fully saturated rings. The predicted molar refractivity (Wildman–Crippen MR) is 120 cm³/mol. The molecule has 0 saturated carbocycles. The van der Waals surface area contributed by atoms with Crippen LogP contribution < -0.4 is 20.3 Å². The van der Waals surface area contributed by atoms with E-state index < -0.39 is 0 Å². The normalized spacial score (nSPS) is 12.3. The van der Waals surface area contributed by atoms with E-state index >= 15 is 0 Å². The zero-order valence-corrected chi connectivity index (χ0v) is 17.9. The summed E-state index contributed by atoms with van der Waals surface area (Å²) in [7, 11) is 0. The van der Waals surface area contributed by atoms with Crippen molar-refractivity contribution in [3.05, 3.63) is 64.4 Å². The van der Waals surface area contributed by atoms with Gasteiger partial charge >= 0.3 is 0 Å². The van der Waals surface area contributed by atoms with Crippen LogP contribution in [0.2, 0.25) is 0 Å². The van der Waals surface area contributed by atoms with Crippen LogP contribution in [0, 0.1) is 0 Å². The molecule has 0 saturated heterocycles. The van der Waals surface area contributed by atoms with E-state index in [2.05, 4.69) is 27.3 Å². The molecule has 2 N–H and O–H groups in total. The van der Waals surface area contributed by atoms with Gasteiger partial charge in [0.15, 0.2) is 28.1 Å². The van der Waals surface area contributed by atoms with Crippen LogP contribution in [0.5, 0.6) is 11.5 Å². The van der Waals surface area contributed by atoms with Crippen LogP contribution in [0.25, 0.3) is 17.0 Å². The van der Waals surface area contributed by atoms with E-state index in [9.17, 15) is 9.59 Å². The molecule has 0 spiro atoms. The fraction of sp³-hybridized carbons (Fsp3) is 0.182. The Bertz CT molecular complexity index is 1360. The van der Waals surface area contributed by atoms with Gasteiger partial charge in [-0.1, -0.05) is 30.8 Å². The van der Waals surface area contributed by atoms with E-state index in [-0.39, 0.29) is 24.0 Å². The third-order valence-corrected chi connectivity index (χ3v) is 5.87. The van der Waals surface area contributed by atoms with Gasteiger partial charge in [-0.2, -0.15) is 0 Å². The number of nitrogens with zero attached hydrogens (tertiary/aromatic N) is 3. The van der Waals surface area contributed by atoms with Crippen LogP contribution in [-0.4, -0.2) is 38.0 Å². The van der Waals surface area contributed by atoms with E-state index in [0.717, 1.165) is 12.1 Å². The maximum atomic E-state index is 12.5. The molecule has 32 heavy (non-hydrogen) atoms. The van der Waals surface area contributed by atoms with Gasteiger partial charge in [-0.3, -0.25) is 14.7 Å². The molecule has 1 amide bonds. The molecule has 4 aromatic rings. The second-order valence-electron chi connectivity index (χ2n) is 7.10. The first-order valence-corrected chi connectivity index (χ1v) is 11.0. The summed E-state index contributed by atoms with van der Waals surface area (Å²) in [6, 6.07) is 14.5. The molecule has 10 heteroatoms. The average molecular weight is 449 g/mol. The second kappa shape index (κ2) is 8.39. The van der Waals surface area contributed by atoms with Gasteiger partial charge in [0.1, 0.15) is 0 Å². The van der Waals surface area contributed by atoms with E-state index in [1.54, 1.807) is 12.1 Å². The van der Waals surface area contributed by atoms with Crippen LogP contribution in [0.3, 0.4) is 0 Å². The summed E-state index contributed by atoms with van der Waals surface area (Å²) >= 11 is 1.21. The van der Waals surface area contributed by atoms with Crippen molar-refractivity contribution in [3.8, 4) is 22.9 Å². The number of fused-ring (bicyclic) bond motifs is 2. The molecule has 9 nitrogen and oxygen atoms in total. The van der Waals surface area contributed by atoms with E-state index in [0.29, 0.717) is 33.7 Å². The molecule has 0 unspecified atom stereocenters. The highest BCUT2D eigenvalue weighted by Gasteiger charge is 2.17. The lowest BCUT2D eigenvalue weighted by atomic mass is 10.1. The first-order valence-electron chi connectivity index (χ1n) is 10.0. The van der Waals surface area contributed by atoms with Crippen molar-refractivity contribution in [2.45, 2.75) is 18.5 Å². The first-order chi connectivity index (χ1) is 15.6. The second-order valence-corrected chi connectivity index (χ2v) is 8.04. The van der Waals surface area contributed by atoms with Crippen molar-refractivity contribution in [2.24, 2.45) is 0 Å². The minimum atomic E-state index is -0.301. The number of thioether (sulfide) groups is 1. The van der Waals surface area contributed by atoms with E-state index in [1.807, 2.05) is 30.3 Å². The monoisotopic (exact) mass is 449 g/mol. The number of ether oxygens (including phenoxy) is 2. The molecule has 2 aromatic heterocycles. The number of hydrogen-bond acceptors (Lipinski definition) is 7. The number of hydrogen-bond donors (Lipinski definition) is 2. The third-order valence-electron chi connectivity index (χ3n) is 4.93. The average Bonchev–Trinajstić information content (AvgIpc) is 3.42. The Morgan fingerprint density at radius 1 is 1.12 bits per heavy atom. The Morgan fingerprint density at radius 3 is 2.75 bits per heavy atom. The molecule has 162 valence electrons. The van der Waals surface area contributed by atoms with Crippen LogP contribution >= 0.6 is 11.8 Å². The third kappa shape index (κ3) is 4.04.